The lowest BCUT2D eigenvalue weighted by Gasteiger charge is -2.35. The Hall–Kier alpha value is -1.76. The molecule has 1 aliphatic heterocycles. The van der Waals surface area contributed by atoms with Crippen molar-refractivity contribution >= 4 is 23.8 Å². The van der Waals surface area contributed by atoms with Crippen molar-refractivity contribution in [2.24, 2.45) is 5.92 Å². The summed E-state index contributed by atoms with van der Waals surface area (Å²) in [4.78, 5) is 32.9. The van der Waals surface area contributed by atoms with Gasteiger partial charge in [-0.05, 0) is 57.4 Å². The van der Waals surface area contributed by atoms with Gasteiger partial charge in [-0.3, -0.25) is 4.79 Å². The molecule has 0 aliphatic carbocycles. The average Bonchev–Trinajstić information content (AvgIpc) is 2.60. The Balaban J connectivity index is 1.96. The van der Waals surface area contributed by atoms with Gasteiger partial charge in [0.2, 0.25) is 0 Å². The highest BCUT2D eigenvalue weighted by Crippen LogP contribution is 2.22. The molecule has 1 fully saturated rings. The Morgan fingerprint density at radius 2 is 2.15 bits per heavy atom. The van der Waals surface area contributed by atoms with Crippen LogP contribution in [-0.4, -0.2) is 64.8 Å². The molecule has 0 N–H and O–H groups in total. The summed E-state index contributed by atoms with van der Waals surface area (Å²) in [5.74, 6) is 1.22. The zero-order valence-corrected chi connectivity index (χ0v) is 17.8. The maximum Gasteiger partial charge on any atom is 0.410 e. The van der Waals surface area contributed by atoms with Gasteiger partial charge in [-0.1, -0.05) is 6.92 Å². The molecule has 2 rings (SSSR count). The topological polar surface area (TPSA) is 62.7 Å². The minimum absolute atomic E-state index is 0.0416. The fourth-order valence-corrected chi connectivity index (χ4v) is 3.79. The van der Waals surface area contributed by atoms with Crippen molar-refractivity contribution in [2.75, 3.05) is 32.4 Å². The van der Waals surface area contributed by atoms with E-state index in [-0.39, 0.29) is 17.9 Å². The maximum atomic E-state index is 12.9. The molecule has 1 aromatic rings. The SMILES string of the molecule is CCSc1cc(C(=O)N2CCCC(CN(C)C(=O)OC(C)(C)C)C2)ccn1. The van der Waals surface area contributed by atoms with Gasteiger partial charge in [0.05, 0.1) is 5.03 Å². The van der Waals surface area contributed by atoms with Crippen LogP contribution in [0.2, 0.25) is 0 Å². The van der Waals surface area contributed by atoms with E-state index < -0.39 is 5.60 Å². The summed E-state index contributed by atoms with van der Waals surface area (Å²) < 4.78 is 5.42. The van der Waals surface area contributed by atoms with Gasteiger partial charge in [0, 0.05) is 38.4 Å². The Kier molecular flexibility index (Phi) is 7.53. The molecule has 2 amide bonds. The molecule has 6 nitrogen and oxygen atoms in total. The van der Waals surface area contributed by atoms with Crippen molar-refractivity contribution < 1.29 is 14.3 Å². The minimum atomic E-state index is -0.505. The summed E-state index contributed by atoms with van der Waals surface area (Å²) in [6, 6.07) is 3.64. The number of aromatic nitrogens is 1. The molecule has 27 heavy (non-hydrogen) atoms. The normalized spacial score (nSPS) is 17.5. The monoisotopic (exact) mass is 393 g/mol. The molecule has 150 valence electrons. The predicted octanol–water partition coefficient (Wildman–Crippen LogP) is 3.91. The number of carbonyl (C=O) groups excluding carboxylic acids is 2. The smallest absolute Gasteiger partial charge is 0.410 e. The number of amides is 2. The van der Waals surface area contributed by atoms with Gasteiger partial charge in [-0.2, -0.15) is 0 Å². The van der Waals surface area contributed by atoms with E-state index >= 15 is 0 Å². The van der Waals surface area contributed by atoms with Crippen LogP contribution in [-0.2, 0) is 4.74 Å². The second-order valence-corrected chi connectivity index (χ2v) is 9.22. The molecule has 0 saturated carbocycles. The van der Waals surface area contributed by atoms with Gasteiger partial charge in [0.25, 0.3) is 5.91 Å². The molecule has 0 radical (unpaired) electrons. The Morgan fingerprint density at radius 3 is 2.81 bits per heavy atom. The fraction of sp³-hybridized carbons (Fsp3) is 0.650. The predicted molar refractivity (Wildman–Crippen MR) is 108 cm³/mol. The van der Waals surface area contributed by atoms with Gasteiger partial charge >= 0.3 is 6.09 Å². The third-order valence-corrected chi connectivity index (χ3v) is 5.13. The molecule has 0 aromatic carbocycles. The molecule has 0 spiro atoms. The van der Waals surface area contributed by atoms with E-state index in [0.29, 0.717) is 18.7 Å². The molecule has 2 heterocycles. The molecule has 0 bridgehead atoms. The summed E-state index contributed by atoms with van der Waals surface area (Å²) in [7, 11) is 1.76. The lowest BCUT2D eigenvalue weighted by molar-refractivity contribution is 0.0244. The van der Waals surface area contributed by atoms with E-state index in [4.69, 9.17) is 4.74 Å². The van der Waals surface area contributed by atoms with Crippen molar-refractivity contribution in [3.63, 3.8) is 0 Å². The lowest BCUT2D eigenvalue weighted by Crippen LogP contribution is -2.45. The number of pyridine rings is 1. The van der Waals surface area contributed by atoms with E-state index in [1.54, 1.807) is 36.0 Å². The van der Waals surface area contributed by atoms with Crippen LogP contribution in [0.1, 0.15) is 50.9 Å². The first kappa shape index (κ1) is 21.5. The quantitative estimate of drug-likeness (QED) is 0.710. The van der Waals surface area contributed by atoms with Crippen LogP contribution < -0.4 is 0 Å². The highest BCUT2D eigenvalue weighted by molar-refractivity contribution is 7.99. The molecule has 1 unspecified atom stereocenters. The highest BCUT2D eigenvalue weighted by atomic mass is 32.2. The number of hydrogen-bond donors (Lipinski definition) is 0. The zero-order chi connectivity index (χ0) is 20.0. The summed E-state index contributed by atoms with van der Waals surface area (Å²) in [6.07, 6.45) is 3.33. The third kappa shape index (κ3) is 6.72. The van der Waals surface area contributed by atoms with Crippen LogP contribution in [0.4, 0.5) is 4.79 Å². The van der Waals surface area contributed by atoms with E-state index in [9.17, 15) is 9.59 Å². The first-order valence-corrected chi connectivity index (χ1v) is 10.5. The van der Waals surface area contributed by atoms with Crippen molar-refractivity contribution in [1.29, 1.82) is 0 Å². The number of likely N-dealkylation sites (tertiary alicyclic amines) is 1. The summed E-state index contributed by atoms with van der Waals surface area (Å²) in [5, 5.41) is 0.876. The Labute approximate surface area is 166 Å². The van der Waals surface area contributed by atoms with Gasteiger partial charge in [0.15, 0.2) is 0 Å². The average molecular weight is 394 g/mol. The first-order valence-electron chi connectivity index (χ1n) is 9.52. The maximum absolute atomic E-state index is 12.9. The fourth-order valence-electron chi connectivity index (χ4n) is 3.15. The minimum Gasteiger partial charge on any atom is -0.444 e. The molecular formula is C20H31N3O3S. The summed E-state index contributed by atoms with van der Waals surface area (Å²) >= 11 is 1.63. The number of piperidine rings is 1. The zero-order valence-electron chi connectivity index (χ0n) is 17.0. The van der Waals surface area contributed by atoms with E-state index in [0.717, 1.165) is 30.2 Å². The number of rotatable bonds is 5. The number of thioether (sulfide) groups is 1. The van der Waals surface area contributed by atoms with Crippen molar-refractivity contribution in [1.82, 2.24) is 14.8 Å². The number of ether oxygens (including phenoxy) is 1. The van der Waals surface area contributed by atoms with Crippen LogP contribution in [0.3, 0.4) is 0 Å². The summed E-state index contributed by atoms with van der Waals surface area (Å²) in [5.41, 5.74) is 0.178. The highest BCUT2D eigenvalue weighted by Gasteiger charge is 2.28. The van der Waals surface area contributed by atoms with Crippen LogP contribution >= 0.6 is 11.8 Å². The second-order valence-electron chi connectivity index (χ2n) is 7.94. The summed E-state index contributed by atoms with van der Waals surface area (Å²) in [6.45, 7) is 9.65. The van der Waals surface area contributed by atoms with Crippen molar-refractivity contribution in [2.45, 2.75) is 51.2 Å². The molecular weight excluding hydrogens is 362 g/mol. The number of nitrogens with zero attached hydrogens (tertiary/aromatic N) is 3. The van der Waals surface area contributed by atoms with Crippen molar-refractivity contribution in [3.8, 4) is 0 Å². The van der Waals surface area contributed by atoms with Gasteiger partial charge in [-0.15, -0.1) is 11.8 Å². The standard InChI is InChI=1S/C20H31N3O3S/c1-6-27-17-12-16(9-10-21-17)18(24)23-11-7-8-15(14-23)13-22(5)19(25)26-20(2,3)4/h9-10,12,15H,6-8,11,13-14H2,1-5H3. The molecule has 1 saturated heterocycles. The van der Waals surface area contributed by atoms with Crippen LogP contribution in [0, 0.1) is 5.92 Å². The molecule has 1 aromatic heterocycles. The van der Waals surface area contributed by atoms with Gasteiger partial charge in [0.1, 0.15) is 5.60 Å². The first-order chi connectivity index (χ1) is 12.7. The van der Waals surface area contributed by atoms with Crippen LogP contribution in [0.25, 0.3) is 0 Å². The van der Waals surface area contributed by atoms with E-state index in [1.807, 2.05) is 31.7 Å². The molecule has 1 aliphatic rings. The molecule has 1 atom stereocenters. The van der Waals surface area contributed by atoms with Crippen LogP contribution in [0.5, 0.6) is 0 Å². The number of hydrogen-bond acceptors (Lipinski definition) is 5. The van der Waals surface area contributed by atoms with Gasteiger partial charge in [-0.25, -0.2) is 9.78 Å². The number of carbonyl (C=O) groups is 2. The third-order valence-electron chi connectivity index (χ3n) is 4.32. The van der Waals surface area contributed by atoms with E-state index in [2.05, 4.69) is 11.9 Å². The van der Waals surface area contributed by atoms with Crippen LogP contribution in [0.15, 0.2) is 23.4 Å². The Bertz CT molecular complexity index is 660. The lowest BCUT2D eigenvalue weighted by atomic mass is 9.97. The van der Waals surface area contributed by atoms with Crippen molar-refractivity contribution in [3.05, 3.63) is 23.9 Å². The van der Waals surface area contributed by atoms with E-state index in [1.165, 1.54) is 0 Å². The van der Waals surface area contributed by atoms with Gasteiger partial charge < -0.3 is 14.5 Å². The molecule has 7 heteroatoms. The second kappa shape index (κ2) is 9.44. The largest absolute Gasteiger partial charge is 0.444 e. The Morgan fingerprint density at radius 1 is 1.41 bits per heavy atom.